The van der Waals surface area contributed by atoms with E-state index < -0.39 is 6.16 Å². The van der Waals surface area contributed by atoms with Crippen molar-refractivity contribution in [3.05, 3.63) is 54.4 Å². The van der Waals surface area contributed by atoms with E-state index in [4.69, 9.17) is 9.47 Å². The van der Waals surface area contributed by atoms with E-state index >= 15 is 0 Å². The van der Waals surface area contributed by atoms with Gasteiger partial charge in [-0.05, 0) is 31.2 Å². The Morgan fingerprint density at radius 1 is 1.30 bits per heavy atom. The predicted octanol–water partition coefficient (Wildman–Crippen LogP) is 3.15. The highest BCUT2D eigenvalue weighted by Crippen LogP contribution is 2.27. The third-order valence-corrected chi connectivity index (χ3v) is 3.24. The van der Waals surface area contributed by atoms with Crippen molar-refractivity contribution in [2.24, 2.45) is 0 Å². The van der Waals surface area contributed by atoms with Gasteiger partial charge in [0, 0.05) is 17.6 Å². The standard InChI is InChI=1S/C16H14FN3O3/c1-2-22-16(21)23-15-8-11-7-12(17)3-4-14(11)20(15)9-13-5-6-18-10-19-13/h3-8,10H,2,9H2,1H3. The van der Waals surface area contributed by atoms with Crippen LogP contribution in [0.25, 0.3) is 10.9 Å². The molecule has 118 valence electrons. The molecule has 0 radical (unpaired) electrons. The van der Waals surface area contributed by atoms with Crippen LogP contribution in [0.15, 0.2) is 42.9 Å². The van der Waals surface area contributed by atoms with Crippen LogP contribution in [-0.2, 0) is 11.3 Å². The van der Waals surface area contributed by atoms with Crippen LogP contribution >= 0.6 is 0 Å². The van der Waals surface area contributed by atoms with E-state index in [1.807, 2.05) is 0 Å². The Bertz CT molecular complexity index is 833. The largest absolute Gasteiger partial charge is 0.515 e. The lowest BCUT2D eigenvalue weighted by molar-refractivity contribution is 0.101. The van der Waals surface area contributed by atoms with Crippen molar-refractivity contribution in [3.63, 3.8) is 0 Å². The third kappa shape index (κ3) is 3.28. The summed E-state index contributed by atoms with van der Waals surface area (Å²) in [4.78, 5) is 19.6. The molecule has 0 bridgehead atoms. The molecule has 0 N–H and O–H groups in total. The van der Waals surface area contributed by atoms with Crippen LogP contribution in [-0.4, -0.2) is 27.3 Å². The van der Waals surface area contributed by atoms with Gasteiger partial charge in [0.25, 0.3) is 0 Å². The van der Waals surface area contributed by atoms with Crippen LogP contribution < -0.4 is 4.74 Å². The van der Waals surface area contributed by atoms with E-state index in [0.717, 1.165) is 11.2 Å². The van der Waals surface area contributed by atoms with Crippen LogP contribution in [0, 0.1) is 5.82 Å². The first-order valence-electron chi connectivity index (χ1n) is 7.05. The summed E-state index contributed by atoms with van der Waals surface area (Å²) in [6.07, 6.45) is 2.26. The van der Waals surface area contributed by atoms with Crippen LogP contribution in [0.4, 0.5) is 9.18 Å². The van der Waals surface area contributed by atoms with Gasteiger partial charge in [-0.2, -0.15) is 0 Å². The molecular weight excluding hydrogens is 301 g/mol. The molecule has 0 saturated heterocycles. The van der Waals surface area contributed by atoms with Gasteiger partial charge < -0.3 is 14.0 Å². The Hall–Kier alpha value is -2.96. The fourth-order valence-corrected chi connectivity index (χ4v) is 2.27. The molecule has 0 saturated carbocycles. The molecule has 0 unspecified atom stereocenters. The summed E-state index contributed by atoms with van der Waals surface area (Å²) >= 11 is 0. The van der Waals surface area contributed by atoms with Gasteiger partial charge in [-0.3, -0.25) is 0 Å². The van der Waals surface area contributed by atoms with E-state index in [2.05, 4.69) is 9.97 Å². The molecule has 23 heavy (non-hydrogen) atoms. The van der Waals surface area contributed by atoms with Gasteiger partial charge in [0.2, 0.25) is 5.88 Å². The van der Waals surface area contributed by atoms with Crippen LogP contribution in [0.1, 0.15) is 12.6 Å². The summed E-state index contributed by atoms with van der Waals surface area (Å²) in [5, 5.41) is 0.623. The Morgan fingerprint density at radius 3 is 2.91 bits per heavy atom. The van der Waals surface area contributed by atoms with Crippen LogP contribution in [0.5, 0.6) is 5.88 Å². The number of benzene rings is 1. The molecular formula is C16H14FN3O3. The van der Waals surface area contributed by atoms with E-state index in [-0.39, 0.29) is 18.3 Å². The van der Waals surface area contributed by atoms with Crippen molar-refractivity contribution in [1.29, 1.82) is 0 Å². The molecule has 6 nitrogen and oxygen atoms in total. The van der Waals surface area contributed by atoms with Gasteiger partial charge >= 0.3 is 6.16 Å². The van der Waals surface area contributed by atoms with E-state index in [0.29, 0.717) is 11.9 Å². The number of rotatable bonds is 4. The Kier molecular flexibility index (Phi) is 4.18. The highest BCUT2D eigenvalue weighted by Gasteiger charge is 2.15. The molecule has 1 aromatic carbocycles. The normalized spacial score (nSPS) is 10.7. The van der Waals surface area contributed by atoms with Gasteiger partial charge in [-0.1, -0.05) is 0 Å². The van der Waals surface area contributed by atoms with E-state index in [9.17, 15) is 9.18 Å². The molecule has 3 rings (SSSR count). The molecule has 3 aromatic rings. The average molecular weight is 315 g/mol. The number of hydrogen-bond acceptors (Lipinski definition) is 5. The molecule has 0 spiro atoms. The molecule has 0 aliphatic carbocycles. The lowest BCUT2D eigenvalue weighted by atomic mass is 10.2. The first-order valence-corrected chi connectivity index (χ1v) is 7.05. The van der Waals surface area contributed by atoms with Gasteiger partial charge in [0.05, 0.1) is 24.4 Å². The van der Waals surface area contributed by atoms with Crippen molar-refractivity contribution in [2.45, 2.75) is 13.5 Å². The van der Waals surface area contributed by atoms with E-state index in [1.165, 1.54) is 18.5 Å². The third-order valence-electron chi connectivity index (χ3n) is 3.24. The Morgan fingerprint density at radius 2 is 2.17 bits per heavy atom. The predicted molar refractivity (Wildman–Crippen MR) is 80.7 cm³/mol. The fraction of sp³-hybridized carbons (Fsp3) is 0.188. The molecule has 7 heteroatoms. The zero-order valence-corrected chi connectivity index (χ0v) is 12.4. The van der Waals surface area contributed by atoms with Crippen LogP contribution in [0.3, 0.4) is 0 Å². The number of ether oxygens (including phenoxy) is 2. The molecule has 2 aromatic heterocycles. The topological polar surface area (TPSA) is 66.2 Å². The second-order valence-electron chi connectivity index (χ2n) is 4.76. The molecule has 0 amide bonds. The average Bonchev–Trinajstić information content (AvgIpc) is 2.85. The van der Waals surface area contributed by atoms with Crippen molar-refractivity contribution < 1.29 is 18.7 Å². The molecule has 0 aliphatic heterocycles. The molecule has 0 aliphatic rings. The highest BCUT2D eigenvalue weighted by atomic mass is 19.1. The first kappa shape index (κ1) is 15.0. The number of halogens is 1. The monoisotopic (exact) mass is 315 g/mol. The zero-order valence-electron chi connectivity index (χ0n) is 12.4. The quantitative estimate of drug-likeness (QED) is 0.692. The SMILES string of the molecule is CCOC(=O)Oc1cc2cc(F)ccc2n1Cc1ccncn1. The van der Waals surface area contributed by atoms with Crippen molar-refractivity contribution in [1.82, 2.24) is 14.5 Å². The lowest BCUT2D eigenvalue weighted by Crippen LogP contribution is -2.13. The summed E-state index contributed by atoms with van der Waals surface area (Å²) in [6, 6.07) is 7.71. The molecule has 0 fully saturated rings. The summed E-state index contributed by atoms with van der Waals surface area (Å²) < 4.78 is 25.2. The molecule has 0 atom stereocenters. The second kappa shape index (κ2) is 6.43. The number of nitrogens with zero attached hydrogens (tertiary/aromatic N) is 3. The maximum atomic E-state index is 13.4. The summed E-state index contributed by atoms with van der Waals surface area (Å²) in [6.45, 7) is 2.25. The smallest absolute Gasteiger partial charge is 0.434 e. The number of hydrogen-bond donors (Lipinski definition) is 0. The first-order chi connectivity index (χ1) is 11.2. The summed E-state index contributed by atoms with van der Waals surface area (Å²) in [7, 11) is 0. The summed E-state index contributed by atoms with van der Waals surface area (Å²) in [5.41, 5.74) is 1.46. The van der Waals surface area contributed by atoms with Crippen molar-refractivity contribution in [2.75, 3.05) is 6.61 Å². The van der Waals surface area contributed by atoms with Crippen molar-refractivity contribution >= 4 is 17.1 Å². The fourth-order valence-electron chi connectivity index (χ4n) is 2.27. The second-order valence-corrected chi connectivity index (χ2v) is 4.76. The van der Waals surface area contributed by atoms with Crippen LogP contribution in [0.2, 0.25) is 0 Å². The highest BCUT2D eigenvalue weighted by molar-refractivity contribution is 5.83. The Balaban J connectivity index is 2.02. The van der Waals surface area contributed by atoms with Crippen molar-refractivity contribution in [3.8, 4) is 5.88 Å². The minimum Gasteiger partial charge on any atom is -0.434 e. The summed E-state index contributed by atoms with van der Waals surface area (Å²) in [5.74, 6) is -0.0953. The maximum Gasteiger partial charge on any atom is 0.515 e. The van der Waals surface area contributed by atoms with Gasteiger partial charge in [0.1, 0.15) is 12.1 Å². The van der Waals surface area contributed by atoms with Gasteiger partial charge in [0.15, 0.2) is 0 Å². The zero-order chi connectivity index (χ0) is 16.2. The lowest BCUT2D eigenvalue weighted by Gasteiger charge is -2.10. The minimum absolute atomic E-state index is 0.208. The number of carbonyl (C=O) groups excluding carboxylic acids is 1. The Labute approximate surface area is 131 Å². The minimum atomic E-state index is -0.806. The van der Waals surface area contributed by atoms with Gasteiger partial charge in [-0.15, -0.1) is 0 Å². The van der Waals surface area contributed by atoms with Gasteiger partial charge in [-0.25, -0.2) is 19.2 Å². The number of fused-ring (bicyclic) bond motifs is 1. The molecule has 2 heterocycles. The maximum absolute atomic E-state index is 13.4. The number of carbonyl (C=O) groups is 1. The number of aromatic nitrogens is 3. The van der Waals surface area contributed by atoms with E-state index in [1.54, 1.807) is 35.9 Å².